The van der Waals surface area contributed by atoms with Gasteiger partial charge in [-0.3, -0.25) is 18.2 Å². The van der Waals surface area contributed by atoms with E-state index >= 15 is 0 Å². The second-order valence-electron chi connectivity index (χ2n) is 5.22. The van der Waals surface area contributed by atoms with Crippen LogP contribution in [0.2, 0.25) is 0 Å². The minimum Gasteiger partial charge on any atom is -0.282 e. The van der Waals surface area contributed by atoms with Gasteiger partial charge in [0.05, 0.1) is 9.79 Å². The Bertz CT molecular complexity index is 1270. The molecule has 0 spiro atoms. The zero-order chi connectivity index (χ0) is 21.7. The smallest absolute Gasteiger partial charge is 0.282 e. The van der Waals surface area contributed by atoms with Crippen molar-refractivity contribution < 1.29 is 51.9 Å². The molecule has 0 aliphatic heterocycles. The van der Waals surface area contributed by atoms with Crippen molar-refractivity contribution in [1.82, 2.24) is 0 Å². The zero-order valence-corrected chi connectivity index (χ0v) is 16.4. The van der Waals surface area contributed by atoms with Gasteiger partial charge in [-0.15, -0.1) is 0 Å². The third-order valence-electron chi connectivity index (χ3n) is 3.35. The Morgan fingerprint density at radius 1 is 0.464 bits per heavy atom. The predicted molar refractivity (Wildman–Crippen MR) is 91.1 cm³/mol. The Morgan fingerprint density at radius 2 is 0.750 bits per heavy atom. The van der Waals surface area contributed by atoms with Gasteiger partial charge in [0, 0.05) is 11.1 Å². The third kappa shape index (κ3) is 4.73. The lowest BCUT2D eigenvalue weighted by Crippen LogP contribution is -2.08. The van der Waals surface area contributed by atoms with Gasteiger partial charge in [0.15, 0.2) is 0 Å². The van der Waals surface area contributed by atoms with E-state index in [1.165, 1.54) is 0 Å². The van der Waals surface area contributed by atoms with Gasteiger partial charge in [0.1, 0.15) is 9.79 Å². The van der Waals surface area contributed by atoms with Gasteiger partial charge < -0.3 is 0 Å². The number of hydrogen-bond acceptors (Lipinski definition) is 8. The van der Waals surface area contributed by atoms with E-state index in [-0.39, 0.29) is 0 Å². The maximum Gasteiger partial charge on any atom is 0.295 e. The Balaban J connectivity index is 3.00. The van der Waals surface area contributed by atoms with Crippen molar-refractivity contribution in [2.75, 3.05) is 0 Å². The summed E-state index contributed by atoms with van der Waals surface area (Å²) in [5, 5.41) is 0. The van der Waals surface area contributed by atoms with Crippen LogP contribution in [0.3, 0.4) is 0 Å². The lowest BCUT2D eigenvalue weighted by atomic mass is 10.1. The quantitative estimate of drug-likeness (QED) is 0.431. The molecule has 0 bridgehead atoms. The summed E-state index contributed by atoms with van der Waals surface area (Å²) < 4.78 is 128. The molecule has 0 amide bonds. The second kappa shape index (κ2) is 6.85. The fourth-order valence-corrected chi connectivity index (χ4v) is 4.82. The van der Waals surface area contributed by atoms with Gasteiger partial charge in [-0.1, -0.05) is 12.1 Å². The van der Waals surface area contributed by atoms with Crippen molar-refractivity contribution in [1.29, 1.82) is 0 Å². The number of hydrogen-bond donors (Lipinski definition) is 4. The first-order chi connectivity index (χ1) is 12.4. The van der Waals surface area contributed by atoms with Crippen molar-refractivity contribution in [3.63, 3.8) is 0 Å². The Hall–Kier alpha value is -1.92. The Morgan fingerprint density at radius 3 is 0.964 bits per heavy atom. The predicted octanol–water partition coefficient (Wildman–Crippen LogP) is 0.340. The molecule has 0 unspecified atom stereocenters. The monoisotopic (exact) mass is 474 g/mol. The van der Waals surface area contributed by atoms with Crippen LogP contribution in [0.1, 0.15) is 0 Å². The van der Waals surface area contributed by atoms with Crippen LogP contribution in [0.25, 0.3) is 11.1 Å². The van der Waals surface area contributed by atoms with E-state index in [1.807, 2.05) is 0 Å². The first kappa shape index (κ1) is 22.4. The molecule has 4 N–H and O–H groups in total. The highest BCUT2D eigenvalue weighted by atomic mass is 32.2. The van der Waals surface area contributed by atoms with Crippen LogP contribution in [-0.2, 0) is 40.5 Å². The molecule has 12 nitrogen and oxygen atoms in total. The molecule has 0 saturated heterocycles. The van der Waals surface area contributed by atoms with Crippen LogP contribution in [0, 0.1) is 0 Å². The number of rotatable bonds is 5. The highest BCUT2D eigenvalue weighted by Crippen LogP contribution is 2.35. The number of benzene rings is 2. The molecule has 2 aromatic carbocycles. The van der Waals surface area contributed by atoms with E-state index < -0.39 is 71.2 Å². The molecular formula is C12H10O12S4. The van der Waals surface area contributed by atoms with E-state index in [0.717, 1.165) is 0 Å². The molecule has 0 atom stereocenters. The van der Waals surface area contributed by atoms with E-state index in [0.29, 0.717) is 36.4 Å². The molecule has 28 heavy (non-hydrogen) atoms. The van der Waals surface area contributed by atoms with E-state index in [1.54, 1.807) is 0 Å². The maximum absolute atomic E-state index is 11.6. The normalized spacial score (nSPS) is 13.4. The summed E-state index contributed by atoms with van der Waals surface area (Å²) >= 11 is 0. The lowest BCUT2D eigenvalue weighted by molar-refractivity contribution is 0.476. The van der Waals surface area contributed by atoms with Gasteiger partial charge in [-0.25, -0.2) is 0 Å². The molecule has 0 aliphatic carbocycles. The molecule has 0 saturated carbocycles. The van der Waals surface area contributed by atoms with Crippen molar-refractivity contribution in [2.24, 2.45) is 0 Å². The Kier molecular flexibility index (Phi) is 5.47. The molecule has 16 heteroatoms. The molecule has 0 fully saturated rings. The van der Waals surface area contributed by atoms with Crippen molar-refractivity contribution in [2.45, 2.75) is 19.6 Å². The van der Waals surface area contributed by atoms with Gasteiger partial charge in [-0.05, 0) is 24.3 Å². The molecular weight excluding hydrogens is 464 g/mol. The largest absolute Gasteiger partial charge is 0.295 e. The second-order valence-corrected chi connectivity index (χ2v) is 10.8. The van der Waals surface area contributed by atoms with E-state index in [4.69, 9.17) is 9.11 Å². The maximum atomic E-state index is 11.6. The van der Waals surface area contributed by atoms with Crippen LogP contribution in [0.4, 0.5) is 0 Å². The minimum atomic E-state index is -5.18. The first-order valence-corrected chi connectivity index (χ1v) is 12.4. The van der Waals surface area contributed by atoms with Crippen LogP contribution >= 0.6 is 0 Å². The average Bonchev–Trinajstić information content (AvgIpc) is 2.50. The fourth-order valence-electron chi connectivity index (χ4n) is 2.20. The van der Waals surface area contributed by atoms with Gasteiger partial charge >= 0.3 is 0 Å². The van der Waals surface area contributed by atoms with Gasteiger partial charge in [0.25, 0.3) is 40.5 Å². The molecule has 2 aromatic rings. The summed E-state index contributed by atoms with van der Waals surface area (Å²) in [6.07, 6.45) is 0. The fraction of sp³-hybridized carbons (Fsp3) is 0. The first-order valence-electron chi connectivity index (χ1n) is 6.61. The average molecular weight is 474 g/mol. The van der Waals surface area contributed by atoms with Crippen LogP contribution < -0.4 is 0 Å². The molecule has 0 aliphatic rings. The van der Waals surface area contributed by atoms with Crippen molar-refractivity contribution in [3.05, 3.63) is 36.4 Å². The summed E-state index contributed by atoms with van der Waals surface area (Å²) in [6, 6.07) is 3.38. The lowest BCUT2D eigenvalue weighted by Gasteiger charge is -2.13. The van der Waals surface area contributed by atoms with Crippen molar-refractivity contribution >= 4 is 40.5 Å². The van der Waals surface area contributed by atoms with Crippen molar-refractivity contribution in [3.8, 4) is 11.1 Å². The highest BCUT2D eigenvalue weighted by Gasteiger charge is 2.27. The summed E-state index contributed by atoms with van der Waals surface area (Å²) in [6.45, 7) is 0. The third-order valence-corrected chi connectivity index (χ3v) is 6.83. The van der Waals surface area contributed by atoms with E-state index in [2.05, 4.69) is 0 Å². The standard InChI is InChI=1S/C12H10O12S4/c13-25(14,15)7-1-3-9(11(5-7)27(19,20)21)10-4-2-8(26(16,17)18)6-12(10)28(22,23)24/h1-6H,(H,13,14,15)(H,16,17,18)(H,19,20,21)(H,22,23,24). The van der Waals surface area contributed by atoms with Crippen LogP contribution in [-0.4, -0.2) is 51.9 Å². The highest BCUT2D eigenvalue weighted by molar-refractivity contribution is 7.87. The zero-order valence-electron chi connectivity index (χ0n) is 13.2. The SMILES string of the molecule is O=S(=O)(O)c1ccc(-c2ccc(S(=O)(=O)O)cc2S(=O)(=O)O)c(S(=O)(=O)O)c1. The molecule has 154 valence electrons. The molecule has 0 heterocycles. The van der Waals surface area contributed by atoms with Crippen LogP contribution in [0.5, 0.6) is 0 Å². The van der Waals surface area contributed by atoms with E-state index in [9.17, 15) is 42.8 Å². The molecule has 0 aromatic heterocycles. The summed E-state index contributed by atoms with van der Waals surface area (Å²) in [4.78, 5) is -4.22. The summed E-state index contributed by atoms with van der Waals surface area (Å²) in [7, 11) is -20.2. The minimum absolute atomic E-state index is 0.324. The molecule has 0 radical (unpaired) electrons. The topological polar surface area (TPSA) is 217 Å². The molecule has 2 rings (SSSR count). The van der Waals surface area contributed by atoms with Crippen LogP contribution in [0.15, 0.2) is 56.0 Å². The van der Waals surface area contributed by atoms with Gasteiger partial charge in [-0.2, -0.15) is 33.7 Å². The summed E-state index contributed by atoms with van der Waals surface area (Å²) in [5.41, 5.74) is -1.30. The Labute approximate surface area is 159 Å². The van der Waals surface area contributed by atoms with Gasteiger partial charge in [0.2, 0.25) is 0 Å². The summed E-state index contributed by atoms with van der Waals surface area (Å²) in [5.74, 6) is 0.